The van der Waals surface area contributed by atoms with Gasteiger partial charge in [-0.25, -0.2) is 0 Å². The van der Waals surface area contributed by atoms with Crippen LogP contribution in [0.15, 0.2) is 0 Å². The molecule has 0 radical (unpaired) electrons. The summed E-state index contributed by atoms with van der Waals surface area (Å²) in [5, 5.41) is 15.2. The number of nitrogens with zero attached hydrogens (tertiary/aromatic N) is 2. The van der Waals surface area contributed by atoms with Crippen LogP contribution in [0.3, 0.4) is 0 Å². The third kappa shape index (κ3) is 7.00. The molecule has 0 aromatic heterocycles. The van der Waals surface area contributed by atoms with E-state index in [9.17, 15) is 8.42 Å². The van der Waals surface area contributed by atoms with Crippen LogP contribution in [0.5, 0.6) is 0 Å². The molecule has 0 fully saturated rings. The third-order valence-electron chi connectivity index (χ3n) is 1.32. The minimum absolute atomic E-state index is 0. The van der Waals surface area contributed by atoms with Crippen molar-refractivity contribution in [2.75, 3.05) is 0 Å². The molecular weight excluding hydrogens is 203 g/mol. The van der Waals surface area contributed by atoms with E-state index >= 15 is 0 Å². The fourth-order valence-corrected chi connectivity index (χ4v) is 1.38. The molecule has 7 heteroatoms. The predicted octanol–water partition coefficient (Wildman–Crippen LogP) is -2.54. The molecule has 66 valence electrons. The molecule has 13 heavy (non-hydrogen) atoms. The minimum Gasteiger partial charge on any atom is -0.285 e. The Morgan fingerprint density at radius 3 is 2.15 bits per heavy atom. The van der Waals surface area contributed by atoms with Crippen LogP contribution >= 0.6 is 0 Å². The van der Waals surface area contributed by atoms with Crippen LogP contribution in [0, 0.1) is 22.7 Å². The summed E-state index contributed by atoms with van der Waals surface area (Å²) in [5.41, 5.74) is 0. The summed E-state index contributed by atoms with van der Waals surface area (Å²) < 4.78 is 29.6. The molecular formula is C6H8N2NaO3S+. The second-order valence-corrected chi connectivity index (χ2v) is 3.89. The van der Waals surface area contributed by atoms with Gasteiger partial charge in [-0.2, -0.15) is 18.9 Å². The summed E-state index contributed by atoms with van der Waals surface area (Å²) in [5.74, 6) is 0. The first-order valence-corrected chi connectivity index (χ1v) is 4.73. The second-order valence-electron chi connectivity index (χ2n) is 2.20. The molecule has 0 saturated heterocycles. The molecule has 0 bridgehead atoms. The van der Waals surface area contributed by atoms with E-state index in [1.807, 2.05) is 0 Å². The largest absolute Gasteiger partial charge is 1.00 e. The number of nitriles is 2. The Labute approximate surface area is 99.4 Å². The van der Waals surface area contributed by atoms with Crippen LogP contribution in [0.4, 0.5) is 0 Å². The fourth-order valence-electron chi connectivity index (χ4n) is 0.684. The molecule has 0 amide bonds. The van der Waals surface area contributed by atoms with E-state index in [0.717, 1.165) is 0 Å². The van der Waals surface area contributed by atoms with Crippen molar-refractivity contribution in [1.29, 1.82) is 10.5 Å². The van der Waals surface area contributed by atoms with Crippen LogP contribution in [0.25, 0.3) is 0 Å². The van der Waals surface area contributed by atoms with Gasteiger partial charge in [-0.15, -0.1) is 0 Å². The zero-order chi connectivity index (χ0) is 9.61. The topological polar surface area (TPSA) is 102 Å². The molecule has 0 rings (SSSR count). The van der Waals surface area contributed by atoms with E-state index in [1.165, 1.54) is 0 Å². The van der Waals surface area contributed by atoms with Crippen LogP contribution in [-0.2, 0) is 10.1 Å². The quantitative estimate of drug-likeness (QED) is 0.408. The van der Waals surface area contributed by atoms with Gasteiger partial charge >= 0.3 is 29.6 Å². The fraction of sp³-hybridized carbons (Fsp3) is 0.667. The van der Waals surface area contributed by atoms with Gasteiger partial charge in [-0.1, -0.05) is 0 Å². The van der Waals surface area contributed by atoms with E-state index in [0.29, 0.717) is 0 Å². The number of hydrogen-bond donors (Lipinski definition) is 1. The van der Waals surface area contributed by atoms with E-state index in [-0.39, 0.29) is 48.8 Å². The van der Waals surface area contributed by atoms with E-state index in [4.69, 9.17) is 15.1 Å². The number of rotatable bonds is 4. The van der Waals surface area contributed by atoms with Crippen molar-refractivity contribution in [3.8, 4) is 12.1 Å². The second kappa shape index (κ2) is 7.31. The normalized spacial score (nSPS) is 11.9. The molecule has 0 aliphatic rings. The van der Waals surface area contributed by atoms with Crippen LogP contribution in [0.1, 0.15) is 19.3 Å². The molecule has 0 heterocycles. The summed E-state index contributed by atoms with van der Waals surface area (Å²) >= 11 is 0. The van der Waals surface area contributed by atoms with Gasteiger partial charge in [0.05, 0.1) is 18.6 Å². The zero-order valence-corrected chi connectivity index (χ0v) is 10.1. The van der Waals surface area contributed by atoms with E-state index < -0.39 is 15.4 Å². The Hall–Kier alpha value is -0.110. The van der Waals surface area contributed by atoms with Crippen molar-refractivity contribution >= 4 is 10.1 Å². The molecule has 5 nitrogen and oxygen atoms in total. The molecule has 0 spiro atoms. The van der Waals surface area contributed by atoms with Gasteiger partial charge in [0.2, 0.25) is 0 Å². The van der Waals surface area contributed by atoms with Gasteiger partial charge in [0, 0.05) is 6.42 Å². The van der Waals surface area contributed by atoms with Crippen LogP contribution in [0.2, 0.25) is 0 Å². The average molecular weight is 211 g/mol. The van der Waals surface area contributed by atoms with Gasteiger partial charge in [0.15, 0.2) is 0 Å². The molecule has 0 aromatic rings. The first kappa shape index (κ1) is 15.4. The average Bonchev–Trinajstić information content (AvgIpc) is 1.95. The summed E-state index contributed by atoms with van der Waals surface area (Å²) in [6.45, 7) is 0. The summed E-state index contributed by atoms with van der Waals surface area (Å²) in [4.78, 5) is 0. The first-order valence-electron chi connectivity index (χ1n) is 3.22. The molecule has 0 saturated carbocycles. The summed E-state index contributed by atoms with van der Waals surface area (Å²) in [6.07, 6.45) is -0.254. The van der Waals surface area contributed by atoms with Crippen molar-refractivity contribution in [2.45, 2.75) is 24.5 Å². The van der Waals surface area contributed by atoms with Crippen molar-refractivity contribution in [3.05, 3.63) is 0 Å². The standard InChI is InChI=1S/C6H8N2O3S.Na/c7-4-1-2-6(3-5-8)12(9,10)11;/h6H,1-3H2,(H,9,10,11);/q;+1. The monoisotopic (exact) mass is 211 g/mol. The molecule has 1 atom stereocenters. The Bertz CT molecular complexity index is 314. The van der Waals surface area contributed by atoms with Gasteiger partial charge in [0.1, 0.15) is 5.25 Å². The Morgan fingerprint density at radius 2 is 1.85 bits per heavy atom. The van der Waals surface area contributed by atoms with Gasteiger partial charge in [-0.05, 0) is 6.42 Å². The Kier molecular flexibility index (Phi) is 8.64. The molecule has 0 aromatic carbocycles. The van der Waals surface area contributed by atoms with E-state index in [2.05, 4.69) is 0 Å². The molecule has 1 N–H and O–H groups in total. The van der Waals surface area contributed by atoms with Crippen LogP contribution < -0.4 is 29.6 Å². The maximum atomic E-state index is 10.5. The van der Waals surface area contributed by atoms with Gasteiger partial charge in [0.25, 0.3) is 10.1 Å². The van der Waals surface area contributed by atoms with Gasteiger partial charge < -0.3 is 0 Å². The van der Waals surface area contributed by atoms with E-state index in [1.54, 1.807) is 12.1 Å². The SMILES string of the molecule is N#CCCC(CC#N)S(=O)(=O)O.[Na+]. The Morgan fingerprint density at radius 1 is 1.31 bits per heavy atom. The summed E-state index contributed by atoms with van der Waals surface area (Å²) in [7, 11) is -4.17. The zero-order valence-electron chi connectivity index (χ0n) is 7.27. The van der Waals surface area contributed by atoms with Crippen LogP contribution in [-0.4, -0.2) is 18.2 Å². The van der Waals surface area contributed by atoms with Crippen molar-refractivity contribution in [3.63, 3.8) is 0 Å². The molecule has 0 aliphatic heterocycles. The number of hydrogen-bond acceptors (Lipinski definition) is 4. The predicted molar refractivity (Wildman–Crippen MR) is 40.4 cm³/mol. The third-order valence-corrected chi connectivity index (χ3v) is 2.56. The maximum absolute atomic E-state index is 10.5. The maximum Gasteiger partial charge on any atom is 1.00 e. The Balaban J connectivity index is 0. The van der Waals surface area contributed by atoms with Crippen molar-refractivity contribution in [2.24, 2.45) is 0 Å². The van der Waals surface area contributed by atoms with Crippen molar-refractivity contribution in [1.82, 2.24) is 0 Å². The summed E-state index contributed by atoms with van der Waals surface area (Å²) in [6, 6.07) is 3.38. The molecule has 0 aliphatic carbocycles. The minimum atomic E-state index is -4.17. The smallest absolute Gasteiger partial charge is 0.285 e. The first-order chi connectivity index (χ1) is 5.52. The van der Waals surface area contributed by atoms with Crippen molar-refractivity contribution < 1.29 is 42.5 Å². The van der Waals surface area contributed by atoms with Gasteiger partial charge in [-0.3, -0.25) is 4.55 Å². The molecule has 1 unspecified atom stereocenters.